The Balaban J connectivity index is 1.42. The van der Waals surface area contributed by atoms with Gasteiger partial charge in [0.1, 0.15) is 5.75 Å². The van der Waals surface area contributed by atoms with Crippen molar-refractivity contribution in [3.63, 3.8) is 0 Å². The van der Waals surface area contributed by atoms with Crippen molar-refractivity contribution in [1.82, 2.24) is 9.80 Å². The molecule has 0 saturated carbocycles. The largest absolute Gasteiger partial charge is 0.508 e. The molecule has 0 bridgehead atoms. The van der Waals surface area contributed by atoms with Gasteiger partial charge in [0, 0.05) is 39.3 Å². The summed E-state index contributed by atoms with van der Waals surface area (Å²) in [6.45, 7) is 7.06. The zero-order chi connectivity index (χ0) is 13.8. The second kappa shape index (κ2) is 6.83. The molecule has 2 aliphatic rings. The van der Waals surface area contributed by atoms with Crippen LogP contribution < -0.4 is 0 Å². The summed E-state index contributed by atoms with van der Waals surface area (Å²) in [6.07, 6.45) is 1.42. The molecule has 3 nitrogen and oxygen atoms in total. The minimum absolute atomic E-state index is 0.355. The first-order chi connectivity index (χ1) is 9.79. The average molecular weight is 292 g/mol. The molecule has 2 saturated heterocycles. The standard InChI is InChI=1S/C16H24N2OS/c19-16-3-1-14(2-4-16)11-17-6-8-18(9-7-17)12-15-5-10-20-13-15/h1-4,15,19H,5-13H2. The summed E-state index contributed by atoms with van der Waals surface area (Å²) < 4.78 is 0. The molecule has 0 amide bonds. The van der Waals surface area contributed by atoms with Crippen molar-refractivity contribution < 1.29 is 5.11 Å². The van der Waals surface area contributed by atoms with E-state index in [4.69, 9.17) is 0 Å². The van der Waals surface area contributed by atoms with Crippen LogP contribution in [-0.2, 0) is 6.54 Å². The van der Waals surface area contributed by atoms with Crippen LogP contribution in [0, 0.1) is 5.92 Å². The summed E-state index contributed by atoms with van der Waals surface area (Å²) in [4.78, 5) is 5.16. The van der Waals surface area contributed by atoms with Gasteiger partial charge in [-0.25, -0.2) is 0 Å². The maximum atomic E-state index is 9.31. The van der Waals surface area contributed by atoms with Crippen molar-refractivity contribution in [3.05, 3.63) is 29.8 Å². The van der Waals surface area contributed by atoms with Gasteiger partial charge in [-0.15, -0.1) is 0 Å². The summed E-state index contributed by atoms with van der Waals surface area (Å²) in [5.74, 6) is 4.02. The smallest absolute Gasteiger partial charge is 0.115 e. The van der Waals surface area contributed by atoms with Crippen LogP contribution in [-0.4, -0.2) is 59.1 Å². The SMILES string of the molecule is Oc1ccc(CN2CCN(CC3CCSC3)CC2)cc1. The molecule has 2 fully saturated rings. The Labute approximate surface area is 126 Å². The highest BCUT2D eigenvalue weighted by molar-refractivity contribution is 7.99. The number of benzene rings is 1. The van der Waals surface area contributed by atoms with Crippen LogP contribution in [0.5, 0.6) is 5.75 Å². The summed E-state index contributed by atoms with van der Waals surface area (Å²) in [7, 11) is 0. The molecule has 1 aromatic rings. The number of hydrogen-bond donors (Lipinski definition) is 1. The Kier molecular flexibility index (Phi) is 4.86. The van der Waals surface area contributed by atoms with Crippen LogP contribution in [0.3, 0.4) is 0 Å². The maximum absolute atomic E-state index is 9.31. The molecule has 0 radical (unpaired) electrons. The van der Waals surface area contributed by atoms with E-state index in [-0.39, 0.29) is 0 Å². The Bertz CT molecular complexity index is 409. The van der Waals surface area contributed by atoms with Crippen LogP contribution in [0.2, 0.25) is 0 Å². The fraction of sp³-hybridized carbons (Fsp3) is 0.625. The van der Waals surface area contributed by atoms with Gasteiger partial charge in [-0.05, 0) is 41.5 Å². The lowest BCUT2D eigenvalue weighted by molar-refractivity contribution is 0.116. The first-order valence-electron chi connectivity index (χ1n) is 7.60. The number of hydrogen-bond acceptors (Lipinski definition) is 4. The molecular weight excluding hydrogens is 268 g/mol. The minimum Gasteiger partial charge on any atom is -0.508 e. The van der Waals surface area contributed by atoms with Gasteiger partial charge >= 0.3 is 0 Å². The van der Waals surface area contributed by atoms with Gasteiger partial charge in [-0.1, -0.05) is 12.1 Å². The first-order valence-corrected chi connectivity index (χ1v) is 8.75. The lowest BCUT2D eigenvalue weighted by Gasteiger charge is -2.35. The lowest BCUT2D eigenvalue weighted by Crippen LogP contribution is -2.47. The van der Waals surface area contributed by atoms with Crippen LogP contribution in [0.25, 0.3) is 0 Å². The molecule has 1 atom stereocenters. The van der Waals surface area contributed by atoms with Crippen molar-refractivity contribution in [3.8, 4) is 5.75 Å². The van der Waals surface area contributed by atoms with Gasteiger partial charge in [0.2, 0.25) is 0 Å². The highest BCUT2D eigenvalue weighted by Crippen LogP contribution is 2.24. The molecule has 20 heavy (non-hydrogen) atoms. The lowest BCUT2D eigenvalue weighted by atomic mass is 10.1. The Morgan fingerprint density at radius 2 is 1.75 bits per heavy atom. The minimum atomic E-state index is 0.355. The topological polar surface area (TPSA) is 26.7 Å². The Morgan fingerprint density at radius 3 is 2.40 bits per heavy atom. The van der Waals surface area contributed by atoms with Gasteiger partial charge in [0.15, 0.2) is 0 Å². The zero-order valence-electron chi connectivity index (χ0n) is 12.0. The summed E-state index contributed by atoms with van der Waals surface area (Å²) in [6, 6.07) is 7.61. The molecule has 110 valence electrons. The molecular formula is C16H24N2OS. The molecule has 1 unspecified atom stereocenters. The van der Waals surface area contributed by atoms with Crippen LogP contribution >= 0.6 is 11.8 Å². The van der Waals surface area contributed by atoms with E-state index in [0.717, 1.165) is 12.5 Å². The van der Waals surface area contributed by atoms with Crippen molar-refractivity contribution >= 4 is 11.8 Å². The average Bonchev–Trinajstić information content (AvgIpc) is 2.96. The van der Waals surface area contributed by atoms with Crippen LogP contribution in [0.15, 0.2) is 24.3 Å². The first kappa shape index (κ1) is 14.2. The predicted octanol–water partition coefficient (Wildman–Crippen LogP) is 2.26. The maximum Gasteiger partial charge on any atom is 0.115 e. The van der Waals surface area contributed by atoms with Gasteiger partial charge in [0.05, 0.1) is 0 Å². The number of piperazine rings is 1. The second-order valence-electron chi connectivity index (χ2n) is 5.97. The van der Waals surface area contributed by atoms with Crippen molar-refractivity contribution in [2.45, 2.75) is 13.0 Å². The summed E-state index contributed by atoms with van der Waals surface area (Å²) in [5, 5.41) is 9.31. The molecule has 2 heterocycles. The molecule has 0 aliphatic carbocycles. The van der Waals surface area contributed by atoms with Crippen LogP contribution in [0.1, 0.15) is 12.0 Å². The van der Waals surface area contributed by atoms with E-state index in [1.807, 2.05) is 12.1 Å². The quantitative estimate of drug-likeness (QED) is 0.921. The third-order valence-electron chi connectivity index (χ3n) is 4.35. The van der Waals surface area contributed by atoms with Crippen molar-refractivity contribution in [2.24, 2.45) is 5.92 Å². The number of phenolic OH excluding ortho intramolecular Hbond substituents is 1. The number of thioether (sulfide) groups is 1. The highest BCUT2D eigenvalue weighted by atomic mass is 32.2. The van der Waals surface area contributed by atoms with E-state index in [1.165, 1.54) is 56.2 Å². The van der Waals surface area contributed by atoms with Crippen LogP contribution in [0.4, 0.5) is 0 Å². The predicted molar refractivity (Wildman–Crippen MR) is 85.3 cm³/mol. The highest BCUT2D eigenvalue weighted by Gasteiger charge is 2.22. The molecule has 1 N–H and O–H groups in total. The van der Waals surface area contributed by atoms with E-state index in [9.17, 15) is 5.11 Å². The van der Waals surface area contributed by atoms with Gasteiger partial charge in [-0.3, -0.25) is 4.90 Å². The fourth-order valence-corrected chi connectivity index (χ4v) is 4.35. The fourth-order valence-electron chi connectivity index (χ4n) is 3.08. The molecule has 0 spiro atoms. The molecule has 4 heteroatoms. The third-order valence-corrected chi connectivity index (χ3v) is 5.58. The monoisotopic (exact) mass is 292 g/mol. The zero-order valence-corrected chi connectivity index (χ0v) is 12.8. The van der Waals surface area contributed by atoms with E-state index in [1.54, 1.807) is 12.1 Å². The van der Waals surface area contributed by atoms with E-state index in [2.05, 4.69) is 21.6 Å². The van der Waals surface area contributed by atoms with Gasteiger partial charge in [0.25, 0.3) is 0 Å². The molecule has 3 rings (SSSR count). The molecule has 2 aliphatic heterocycles. The molecule has 0 aromatic heterocycles. The number of phenols is 1. The molecule has 1 aromatic carbocycles. The Morgan fingerprint density at radius 1 is 1.05 bits per heavy atom. The summed E-state index contributed by atoms with van der Waals surface area (Å²) in [5.41, 5.74) is 1.29. The number of rotatable bonds is 4. The number of aromatic hydroxyl groups is 1. The van der Waals surface area contributed by atoms with Gasteiger partial charge in [-0.2, -0.15) is 11.8 Å². The summed E-state index contributed by atoms with van der Waals surface area (Å²) >= 11 is 2.12. The second-order valence-corrected chi connectivity index (χ2v) is 7.12. The van der Waals surface area contributed by atoms with E-state index >= 15 is 0 Å². The van der Waals surface area contributed by atoms with Crippen molar-refractivity contribution in [1.29, 1.82) is 0 Å². The number of nitrogens with zero attached hydrogens (tertiary/aromatic N) is 2. The Hall–Kier alpha value is -0.710. The van der Waals surface area contributed by atoms with E-state index in [0.29, 0.717) is 5.75 Å². The van der Waals surface area contributed by atoms with E-state index < -0.39 is 0 Å². The van der Waals surface area contributed by atoms with Gasteiger partial charge < -0.3 is 10.0 Å². The normalized spacial score (nSPS) is 25.1. The van der Waals surface area contributed by atoms with Crippen molar-refractivity contribution in [2.75, 3.05) is 44.2 Å². The third kappa shape index (κ3) is 3.90.